The van der Waals surface area contributed by atoms with Gasteiger partial charge < -0.3 is 30.6 Å². The van der Waals surface area contributed by atoms with Crippen LogP contribution in [0.25, 0.3) is 11.0 Å². The van der Waals surface area contributed by atoms with Crippen molar-refractivity contribution in [3.05, 3.63) is 70.4 Å². The van der Waals surface area contributed by atoms with Gasteiger partial charge in [0.25, 0.3) is 5.56 Å². The fourth-order valence-electron chi connectivity index (χ4n) is 3.75. The second-order valence-electron chi connectivity index (χ2n) is 10.4. The number of carbonyl (C=O) groups excluding carboxylic acids is 2. The molecule has 2 amide bonds. The fourth-order valence-corrected chi connectivity index (χ4v) is 3.75. The van der Waals surface area contributed by atoms with Crippen LogP contribution in [-0.4, -0.2) is 56.5 Å². The van der Waals surface area contributed by atoms with Crippen LogP contribution >= 0.6 is 0 Å². The van der Waals surface area contributed by atoms with Gasteiger partial charge in [0.2, 0.25) is 11.8 Å². The maximum atomic E-state index is 13.0. The number of fused-ring (bicyclic) bond motifs is 1. The molecule has 2 aromatic heterocycles. The van der Waals surface area contributed by atoms with E-state index in [1.807, 2.05) is 39.0 Å². The second-order valence-corrected chi connectivity index (χ2v) is 10.4. The lowest BCUT2D eigenvalue weighted by molar-refractivity contribution is -0.123. The first-order chi connectivity index (χ1) is 17.4. The van der Waals surface area contributed by atoms with Gasteiger partial charge >= 0.3 is 0 Å². The predicted molar refractivity (Wildman–Crippen MR) is 144 cm³/mol. The van der Waals surface area contributed by atoms with Gasteiger partial charge in [0.15, 0.2) is 0 Å². The number of aromatic amines is 1. The number of allylic oxidation sites excluding steroid dienone is 1. The molecule has 3 aromatic rings. The fraction of sp³-hybridized carbons (Fsp3) is 0.407. The van der Waals surface area contributed by atoms with Crippen LogP contribution < -0.4 is 16.6 Å². The first-order valence-corrected chi connectivity index (χ1v) is 12.2. The number of nitrogens with zero attached hydrogens (tertiary/aromatic N) is 3. The number of hydrogen-bond acceptors (Lipinski definition) is 6. The van der Waals surface area contributed by atoms with Crippen LogP contribution in [0.2, 0.25) is 0 Å². The number of aliphatic hydroxyl groups is 1. The molecule has 0 bridgehead atoms. The van der Waals surface area contributed by atoms with E-state index in [-0.39, 0.29) is 23.6 Å². The number of pyridine rings is 1. The van der Waals surface area contributed by atoms with Crippen molar-refractivity contribution >= 4 is 28.5 Å². The number of rotatable bonds is 9. The first-order valence-electron chi connectivity index (χ1n) is 12.2. The Bertz CT molecular complexity index is 1350. The van der Waals surface area contributed by atoms with Gasteiger partial charge in [-0.1, -0.05) is 39.0 Å². The number of carbonyl (C=O) groups is 2. The lowest BCUT2D eigenvalue weighted by atomic mass is 9.84. The van der Waals surface area contributed by atoms with E-state index < -0.39 is 23.6 Å². The molecule has 0 saturated carbocycles. The van der Waals surface area contributed by atoms with E-state index in [9.17, 15) is 19.5 Å². The number of H-pyrrole nitrogens is 1. The Balaban J connectivity index is 1.71. The summed E-state index contributed by atoms with van der Waals surface area (Å²) in [6.45, 7) is 6.02. The van der Waals surface area contributed by atoms with E-state index in [1.54, 1.807) is 32.4 Å². The van der Waals surface area contributed by atoms with Crippen molar-refractivity contribution in [1.29, 1.82) is 0 Å². The molecule has 0 fully saturated rings. The van der Waals surface area contributed by atoms with Gasteiger partial charge in [-0.2, -0.15) is 0 Å². The molecule has 0 aliphatic rings. The average Bonchev–Trinajstić information content (AvgIpc) is 3.25. The van der Waals surface area contributed by atoms with Crippen molar-refractivity contribution in [3.8, 4) is 0 Å². The summed E-state index contributed by atoms with van der Waals surface area (Å²) < 4.78 is 1.44. The number of anilines is 1. The van der Waals surface area contributed by atoms with Crippen LogP contribution in [0.4, 0.5) is 5.69 Å². The summed E-state index contributed by atoms with van der Waals surface area (Å²) >= 11 is 0. The maximum absolute atomic E-state index is 13.0. The average molecular weight is 509 g/mol. The second kappa shape index (κ2) is 11.5. The SMILES string of the molecule is CN(C)C(=O)/C=C/CC[C@H](N)C(=O)Nc1cccn(Cc2nc3c(C(O)C(C)(C)C)cccc3[nH]2)c1=O. The Morgan fingerprint density at radius 2 is 1.97 bits per heavy atom. The molecule has 10 nitrogen and oxygen atoms in total. The first kappa shape index (κ1) is 27.8. The Morgan fingerprint density at radius 3 is 2.65 bits per heavy atom. The quantitative estimate of drug-likeness (QED) is 0.327. The molecule has 2 heterocycles. The minimum Gasteiger partial charge on any atom is -0.388 e. The normalized spacial score (nSPS) is 13.6. The molecule has 0 aliphatic carbocycles. The molecule has 3 rings (SSSR count). The summed E-state index contributed by atoms with van der Waals surface area (Å²) in [7, 11) is 3.31. The number of likely N-dealkylation sites (N-methyl/N-ethyl adjacent to an activating group) is 1. The minimum absolute atomic E-state index is 0.112. The van der Waals surface area contributed by atoms with Gasteiger partial charge in [0.05, 0.1) is 29.7 Å². The zero-order valence-corrected chi connectivity index (χ0v) is 22.0. The van der Waals surface area contributed by atoms with E-state index in [0.717, 1.165) is 11.1 Å². The summed E-state index contributed by atoms with van der Waals surface area (Å²) in [4.78, 5) is 46.5. The standard InChI is InChI=1S/C27H36N6O4/c1-27(2,3)24(35)17-10-8-12-19-23(17)31-21(29-19)16-33-15-9-13-20(26(33)37)30-25(36)18(28)11-6-7-14-22(34)32(4)5/h7-10,12-15,18,24,35H,6,11,16,28H2,1-5H3,(H,29,31)(H,30,36)/b14-7+/t18-,24?/m0/s1. The molecule has 1 aromatic carbocycles. The third kappa shape index (κ3) is 6.93. The monoisotopic (exact) mass is 508 g/mol. The number of imidazole rings is 1. The number of aromatic nitrogens is 3. The van der Waals surface area contributed by atoms with Gasteiger partial charge in [-0.05, 0) is 42.5 Å². The van der Waals surface area contributed by atoms with Crippen LogP contribution in [-0.2, 0) is 16.1 Å². The topological polar surface area (TPSA) is 146 Å². The predicted octanol–water partition coefficient (Wildman–Crippen LogP) is 2.54. The van der Waals surface area contributed by atoms with Gasteiger partial charge in [-0.3, -0.25) is 14.4 Å². The number of hydrogen-bond donors (Lipinski definition) is 4. The summed E-state index contributed by atoms with van der Waals surface area (Å²) in [6, 6.07) is 7.93. The molecular weight excluding hydrogens is 472 g/mol. The number of benzene rings is 1. The van der Waals surface area contributed by atoms with Gasteiger partial charge in [-0.15, -0.1) is 0 Å². The van der Waals surface area contributed by atoms with Gasteiger partial charge in [0, 0.05) is 25.9 Å². The Hall–Kier alpha value is -3.76. The Morgan fingerprint density at radius 1 is 1.24 bits per heavy atom. The molecular formula is C27H36N6O4. The third-order valence-electron chi connectivity index (χ3n) is 5.99. The number of nitrogens with two attached hydrogens (primary N) is 1. The van der Waals surface area contributed by atoms with E-state index >= 15 is 0 Å². The zero-order chi connectivity index (χ0) is 27.3. The molecule has 10 heteroatoms. The Labute approximate surface area is 216 Å². The third-order valence-corrected chi connectivity index (χ3v) is 5.99. The van der Waals surface area contributed by atoms with Gasteiger partial charge in [-0.25, -0.2) is 4.98 Å². The number of amides is 2. The minimum atomic E-state index is -0.838. The summed E-state index contributed by atoms with van der Waals surface area (Å²) in [5, 5.41) is 13.4. The van der Waals surface area contributed by atoms with Crippen molar-refractivity contribution < 1.29 is 14.7 Å². The summed E-state index contributed by atoms with van der Waals surface area (Å²) in [5.74, 6) is -0.0782. The molecule has 1 unspecified atom stereocenters. The lowest BCUT2D eigenvalue weighted by Gasteiger charge is -2.26. The molecule has 198 valence electrons. The van der Waals surface area contributed by atoms with E-state index in [0.29, 0.717) is 24.2 Å². The molecule has 0 spiro atoms. The number of para-hydroxylation sites is 1. The van der Waals surface area contributed by atoms with E-state index in [4.69, 9.17) is 5.73 Å². The summed E-state index contributed by atoms with van der Waals surface area (Å²) in [6.07, 6.45) is 4.79. The van der Waals surface area contributed by atoms with Crippen LogP contribution in [0.1, 0.15) is 51.1 Å². The van der Waals surface area contributed by atoms with Gasteiger partial charge in [0.1, 0.15) is 11.5 Å². The molecule has 2 atom stereocenters. The molecule has 37 heavy (non-hydrogen) atoms. The number of nitrogens with one attached hydrogen (secondary N) is 2. The van der Waals surface area contributed by atoms with Crippen LogP contribution in [0.15, 0.2) is 53.5 Å². The van der Waals surface area contributed by atoms with E-state index in [1.165, 1.54) is 21.6 Å². The highest BCUT2D eigenvalue weighted by Gasteiger charge is 2.26. The van der Waals surface area contributed by atoms with Crippen LogP contribution in [0.5, 0.6) is 0 Å². The van der Waals surface area contributed by atoms with E-state index in [2.05, 4.69) is 15.3 Å². The Kier molecular flexibility index (Phi) is 8.67. The highest BCUT2D eigenvalue weighted by atomic mass is 16.3. The van der Waals surface area contributed by atoms with Crippen molar-refractivity contribution in [2.75, 3.05) is 19.4 Å². The summed E-state index contributed by atoms with van der Waals surface area (Å²) in [5.41, 5.74) is 7.48. The molecule has 0 radical (unpaired) electrons. The maximum Gasteiger partial charge on any atom is 0.274 e. The smallest absolute Gasteiger partial charge is 0.274 e. The van der Waals surface area contributed by atoms with Crippen molar-refractivity contribution in [2.45, 2.75) is 52.3 Å². The largest absolute Gasteiger partial charge is 0.388 e. The zero-order valence-electron chi connectivity index (χ0n) is 22.0. The van der Waals surface area contributed by atoms with Crippen molar-refractivity contribution in [2.24, 2.45) is 11.1 Å². The lowest BCUT2D eigenvalue weighted by Crippen LogP contribution is -2.37. The number of aliphatic hydroxyl groups excluding tert-OH is 1. The highest BCUT2D eigenvalue weighted by molar-refractivity contribution is 5.94. The molecule has 5 N–H and O–H groups in total. The van der Waals surface area contributed by atoms with Crippen LogP contribution in [0, 0.1) is 5.41 Å². The van der Waals surface area contributed by atoms with Crippen LogP contribution in [0.3, 0.4) is 0 Å². The highest BCUT2D eigenvalue weighted by Crippen LogP contribution is 2.35. The van der Waals surface area contributed by atoms with Crippen molar-refractivity contribution in [1.82, 2.24) is 19.4 Å². The molecule has 0 saturated heterocycles. The van der Waals surface area contributed by atoms with Crippen molar-refractivity contribution in [3.63, 3.8) is 0 Å². The molecule has 0 aliphatic heterocycles.